The van der Waals surface area contributed by atoms with Gasteiger partial charge in [0, 0.05) is 18.8 Å². The summed E-state index contributed by atoms with van der Waals surface area (Å²) in [4.78, 5) is 25.5. The van der Waals surface area contributed by atoms with Crippen LogP contribution in [0.25, 0.3) is 0 Å². The third-order valence-corrected chi connectivity index (χ3v) is 4.91. The summed E-state index contributed by atoms with van der Waals surface area (Å²) in [5.74, 6) is -0.847. The van der Waals surface area contributed by atoms with Gasteiger partial charge in [-0.3, -0.25) is 4.79 Å². The molecule has 1 heterocycles. The molecular formula is C16H18F2N2O4. The number of carboxylic acid groups (broad SMARTS) is 1. The Kier molecular flexibility index (Phi) is 4.29. The molecular weight excluding hydrogens is 322 g/mol. The molecule has 0 aromatic heterocycles. The molecule has 24 heavy (non-hydrogen) atoms. The summed E-state index contributed by atoms with van der Waals surface area (Å²) in [6.45, 7) is -2.28. The molecule has 1 aromatic rings. The van der Waals surface area contributed by atoms with E-state index in [-0.39, 0.29) is 24.2 Å². The Morgan fingerprint density at radius 2 is 2.04 bits per heavy atom. The average molecular weight is 340 g/mol. The Morgan fingerprint density at radius 1 is 1.33 bits per heavy atom. The number of carboxylic acids is 1. The maximum Gasteiger partial charge on any atom is 0.387 e. The van der Waals surface area contributed by atoms with Gasteiger partial charge in [-0.2, -0.15) is 8.78 Å². The number of halogens is 2. The first-order valence-electron chi connectivity index (χ1n) is 7.75. The molecule has 1 saturated carbocycles. The molecule has 1 aliphatic heterocycles. The summed E-state index contributed by atoms with van der Waals surface area (Å²) in [5, 5.41) is 12.2. The van der Waals surface area contributed by atoms with Crippen LogP contribution < -0.4 is 10.1 Å². The van der Waals surface area contributed by atoms with Crippen LogP contribution in [0.1, 0.15) is 19.3 Å². The van der Waals surface area contributed by atoms with E-state index in [1.807, 2.05) is 0 Å². The van der Waals surface area contributed by atoms with Gasteiger partial charge in [0.15, 0.2) is 0 Å². The van der Waals surface area contributed by atoms with E-state index in [0.717, 1.165) is 12.8 Å². The zero-order valence-corrected chi connectivity index (χ0v) is 12.9. The molecule has 1 saturated heterocycles. The highest BCUT2D eigenvalue weighted by Gasteiger charge is 2.55. The number of nitrogens with zero attached hydrogens (tertiary/aromatic N) is 1. The van der Waals surface area contributed by atoms with E-state index in [0.29, 0.717) is 18.7 Å². The molecule has 1 aliphatic carbocycles. The van der Waals surface area contributed by atoms with Gasteiger partial charge in [-0.15, -0.1) is 0 Å². The quantitative estimate of drug-likeness (QED) is 0.883. The molecule has 2 atom stereocenters. The molecule has 8 heteroatoms. The van der Waals surface area contributed by atoms with Gasteiger partial charge in [-0.25, -0.2) is 4.79 Å². The molecule has 0 spiro atoms. The van der Waals surface area contributed by atoms with Crippen molar-refractivity contribution < 1.29 is 28.2 Å². The summed E-state index contributed by atoms with van der Waals surface area (Å²) >= 11 is 0. The maximum atomic E-state index is 12.3. The number of ether oxygens (including phenoxy) is 1. The third kappa shape index (κ3) is 3.00. The van der Waals surface area contributed by atoms with E-state index in [1.165, 1.54) is 29.2 Å². The van der Waals surface area contributed by atoms with Crippen LogP contribution in [0.3, 0.4) is 0 Å². The third-order valence-electron chi connectivity index (χ3n) is 4.91. The molecule has 6 nitrogen and oxygen atoms in total. The van der Waals surface area contributed by atoms with E-state index >= 15 is 0 Å². The number of rotatable bonds is 4. The molecule has 2 N–H and O–H groups in total. The van der Waals surface area contributed by atoms with Crippen molar-refractivity contribution in [2.24, 2.45) is 11.3 Å². The number of nitrogens with one attached hydrogen (secondary N) is 1. The summed E-state index contributed by atoms with van der Waals surface area (Å²) in [6, 6.07) is 5.20. The second-order valence-electron chi connectivity index (χ2n) is 6.26. The molecule has 0 radical (unpaired) electrons. The monoisotopic (exact) mass is 340 g/mol. The van der Waals surface area contributed by atoms with Crippen molar-refractivity contribution in [3.8, 4) is 5.75 Å². The first-order chi connectivity index (χ1) is 11.4. The molecule has 0 unspecified atom stereocenters. The number of anilines is 1. The van der Waals surface area contributed by atoms with Crippen LogP contribution in [0.15, 0.2) is 24.3 Å². The number of carbonyl (C=O) groups excluding carboxylic acids is 1. The van der Waals surface area contributed by atoms with Crippen molar-refractivity contribution in [2.45, 2.75) is 25.9 Å². The number of aliphatic carboxylic acids is 1. The molecule has 3 rings (SSSR count). The minimum atomic E-state index is -2.90. The van der Waals surface area contributed by atoms with Crippen molar-refractivity contribution >= 4 is 17.7 Å². The van der Waals surface area contributed by atoms with Gasteiger partial charge in [0.1, 0.15) is 5.75 Å². The molecule has 2 fully saturated rings. The lowest BCUT2D eigenvalue weighted by Crippen LogP contribution is -2.38. The zero-order valence-electron chi connectivity index (χ0n) is 12.9. The number of hydrogen-bond donors (Lipinski definition) is 2. The van der Waals surface area contributed by atoms with Crippen LogP contribution in [-0.2, 0) is 4.79 Å². The number of hydrogen-bond acceptors (Lipinski definition) is 3. The average Bonchev–Trinajstić information content (AvgIpc) is 3.06. The van der Waals surface area contributed by atoms with Gasteiger partial charge in [0.25, 0.3) is 0 Å². The SMILES string of the molecule is O=C(Nc1ccc(OC(F)F)cc1)N1C[C@@H]2CCC[C@@]2(C(=O)O)C1. The Bertz CT molecular complexity index is 637. The maximum absolute atomic E-state index is 12.3. The van der Waals surface area contributed by atoms with Gasteiger partial charge in [-0.05, 0) is 43.0 Å². The normalized spacial score (nSPS) is 25.6. The smallest absolute Gasteiger partial charge is 0.387 e. The lowest BCUT2D eigenvalue weighted by molar-refractivity contribution is -0.149. The fourth-order valence-corrected chi connectivity index (χ4v) is 3.72. The fourth-order valence-electron chi connectivity index (χ4n) is 3.72. The number of likely N-dealkylation sites (tertiary alicyclic amines) is 1. The van der Waals surface area contributed by atoms with Crippen LogP contribution >= 0.6 is 0 Å². The minimum Gasteiger partial charge on any atom is -0.481 e. The Morgan fingerprint density at radius 3 is 2.62 bits per heavy atom. The minimum absolute atomic E-state index is 0.00327. The van der Waals surface area contributed by atoms with Gasteiger partial charge < -0.3 is 20.1 Å². The van der Waals surface area contributed by atoms with Gasteiger partial charge in [0.2, 0.25) is 0 Å². The predicted molar refractivity (Wildman–Crippen MR) is 81.1 cm³/mol. The largest absolute Gasteiger partial charge is 0.481 e. The lowest BCUT2D eigenvalue weighted by atomic mass is 9.81. The highest BCUT2D eigenvalue weighted by molar-refractivity contribution is 5.90. The number of benzene rings is 1. The van der Waals surface area contributed by atoms with Gasteiger partial charge >= 0.3 is 18.6 Å². The van der Waals surface area contributed by atoms with E-state index < -0.39 is 18.0 Å². The summed E-state index contributed by atoms with van der Waals surface area (Å²) in [5.41, 5.74) is -0.394. The van der Waals surface area contributed by atoms with Crippen LogP contribution in [-0.4, -0.2) is 41.7 Å². The molecule has 130 valence electrons. The van der Waals surface area contributed by atoms with Crippen molar-refractivity contribution in [3.05, 3.63) is 24.3 Å². The van der Waals surface area contributed by atoms with Crippen molar-refractivity contribution in [1.29, 1.82) is 0 Å². The van der Waals surface area contributed by atoms with Gasteiger partial charge in [-0.1, -0.05) is 6.42 Å². The first-order valence-corrected chi connectivity index (χ1v) is 7.75. The standard InChI is InChI=1S/C16H18F2N2O4/c17-14(18)24-12-5-3-11(4-6-12)19-15(23)20-8-10-2-1-7-16(10,9-20)13(21)22/h3-6,10,14H,1-2,7-9H2,(H,19,23)(H,21,22)/t10-,16+/m0/s1. The summed E-state index contributed by atoms with van der Waals surface area (Å²) < 4.78 is 28.4. The first kappa shape index (κ1) is 16.5. The Labute approximate surface area is 137 Å². The number of amides is 2. The molecule has 2 aliphatic rings. The van der Waals surface area contributed by atoms with E-state index in [1.54, 1.807) is 0 Å². The second-order valence-corrected chi connectivity index (χ2v) is 6.26. The Balaban J connectivity index is 1.63. The summed E-state index contributed by atoms with van der Waals surface area (Å²) in [6.07, 6.45) is 2.28. The number of fused-ring (bicyclic) bond motifs is 1. The van der Waals surface area contributed by atoms with Crippen LogP contribution in [0.2, 0.25) is 0 Å². The number of carbonyl (C=O) groups is 2. The van der Waals surface area contributed by atoms with Crippen LogP contribution in [0, 0.1) is 11.3 Å². The van der Waals surface area contributed by atoms with E-state index in [9.17, 15) is 23.5 Å². The van der Waals surface area contributed by atoms with E-state index in [2.05, 4.69) is 10.1 Å². The van der Waals surface area contributed by atoms with E-state index in [4.69, 9.17) is 0 Å². The number of alkyl halides is 2. The summed E-state index contributed by atoms with van der Waals surface area (Å²) in [7, 11) is 0. The fraction of sp³-hybridized carbons (Fsp3) is 0.500. The van der Waals surface area contributed by atoms with Crippen LogP contribution in [0.5, 0.6) is 5.75 Å². The van der Waals surface area contributed by atoms with Crippen molar-refractivity contribution in [1.82, 2.24) is 4.90 Å². The highest BCUT2D eigenvalue weighted by Crippen LogP contribution is 2.48. The van der Waals surface area contributed by atoms with Crippen molar-refractivity contribution in [2.75, 3.05) is 18.4 Å². The topological polar surface area (TPSA) is 78.9 Å². The molecule has 2 amide bonds. The van der Waals surface area contributed by atoms with Crippen LogP contribution in [0.4, 0.5) is 19.3 Å². The molecule has 0 bridgehead atoms. The predicted octanol–water partition coefficient (Wildman–Crippen LogP) is 3.01. The zero-order chi connectivity index (χ0) is 17.3. The lowest BCUT2D eigenvalue weighted by Gasteiger charge is -2.23. The number of urea groups is 1. The van der Waals surface area contributed by atoms with Gasteiger partial charge in [0.05, 0.1) is 5.41 Å². The molecule has 1 aromatic carbocycles. The van der Waals surface area contributed by atoms with Crippen molar-refractivity contribution in [3.63, 3.8) is 0 Å². The second kappa shape index (κ2) is 6.26. The highest BCUT2D eigenvalue weighted by atomic mass is 19.3. The Hall–Kier alpha value is -2.38.